The zero-order valence-corrected chi connectivity index (χ0v) is 9.59. The van der Waals surface area contributed by atoms with Crippen LogP contribution < -0.4 is 5.32 Å². The molecule has 1 aliphatic heterocycles. The molecule has 0 amide bonds. The molecule has 1 heterocycles. The molecule has 1 aliphatic rings. The molecule has 14 heavy (non-hydrogen) atoms. The Morgan fingerprint density at radius 2 is 2.36 bits per heavy atom. The van der Waals surface area contributed by atoms with Crippen molar-refractivity contribution in [3.8, 4) is 0 Å². The van der Waals surface area contributed by atoms with Gasteiger partial charge in [-0.25, -0.2) is 0 Å². The molecule has 84 valence electrons. The van der Waals surface area contributed by atoms with Gasteiger partial charge in [-0.15, -0.1) is 0 Å². The quantitative estimate of drug-likeness (QED) is 0.673. The van der Waals surface area contributed by atoms with Crippen molar-refractivity contribution in [2.45, 2.75) is 32.8 Å². The zero-order valence-electron chi connectivity index (χ0n) is 9.59. The highest BCUT2D eigenvalue weighted by molar-refractivity contribution is 4.66. The average molecular weight is 200 g/mol. The topological polar surface area (TPSA) is 24.5 Å². The van der Waals surface area contributed by atoms with E-state index in [1.165, 1.54) is 25.9 Å². The van der Waals surface area contributed by atoms with E-state index < -0.39 is 0 Å². The van der Waals surface area contributed by atoms with Gasteiger partial charge in [-0.05, 0) is 39.4 Å². The van der Waals surface area contributed by atoms with Crippen molar-refractivity contribution in [1.82, 2.24) is 10.2 Å². The van der Waals surface area contributed by atoms with Crippen LogP contribution in [0.1, 0.15) is 26.7 Å². The number of hydrogen-bond acceptors (Lipinski definition) is 3. The summed E-state index contributed by atoms with van der Waals surface area (Å²) in [6.07, 6.45) is 2.85. The molecular weight excluding hydrogens is 176 g/mol. The monoisotopic (exact) mass is 200 g/mol. The van der Waals surface area contributed by atoms with E-state index in [1.54, 1.807) is 0 Å². The molecule has 0 saturated carbocycles. The summed E-state index contributed by atoms with van der Waals surface area (Å²) >= 11 is 0. The molecule has 0 aromatic carbocycles. The van der Waals surface area contributed by atoms with Gasteiger partial charge in [0.1, 0.15) is 0 Å². The molecule has 3 nitrogen and oxygen atoms in total. The van der Waals surface area contributed by atoms with Crippen LogP contribution in [0.4, 0.5) is 0 Å². The van der Waals surface area contributed by atoms with Gasteiger partial charge in [0.2, 0.25) is 0 Å². The summed E-state index contributed by atoms with van der Waals surface area (Å²) in [4.78, 5) is 2.52. The van der Waals surface area contributed by atoms with Gasteiger partial charge in [-0.2, -0.15) is 0 Å². The van der Waals surface area contributed by atoms with Crippen LogP contribution in [0, 0.1) is 0 Å². The van der Waals surface area contributed by atoms with E-state index in [0.29, 0.717) is 6.10 Å². The first kappa shape index (κ1) is 12.0. The van der Waals surface area contributed by atoms with Crippen LogP contribution in [0.15, 0.2) is 0 Å². The molecule has 1 unspecified atom stereocenters. The molecule has 1 saturated heterocycles. The maximum absolute atomic E-state index is 5.60. The van der Waals surface area contributed by atoms with Crippen LogP contribution >= 0.6 is 0 Å². The number of rotatable bonds is 5. The molecule has 1 fully saturated rings. The first-order chi connectivity index (χ1) is 6.83. The van der Waals surface area contributed by atoms with Crippen molar-refractivity contribution in [2.75, 3.05) is 39.3 Å². The summed E-state index contributed by atoms with van der Waals surface area (Å²) in [5.74, 6) is 0. The molecule has 0 bridgehead atoms. The number of nitrogens with one attached hydrogen (secondary N) is 1. The minimum absolute atomic E-state index is 0.414. The largest absolute Gasteiger partial charge is 0.377 e. The highest BCUT2D eigenvalue weighted by atomic mass is 16.5. The van der Waals surface area contributed by atoms with Crippen molar-refractivity contribution in [3.05, 3.63) is 0 Å². The second-order valence-corrected chi connectivity index (χ2v) is 4.04. The van der Waals surface area contributed by atoms with Gasteiger partial charge in [-0.3, -0.25) is 0 Å². The predicted molar refractivity (Wildman–Crippen MR) is 59.6 cm³/mol. The van der Waals surface area contributed by atoms with E-state index in [1.807, 2.05) is 0 Å². The lowest BCUT2D eigenvalue weighted by molar-refractivity contribution is 0.0676. The summed E-state index contributed by atoms with van der Waals surface area (Å²) < 4.78 is 5.60. The van der Waals surface area contributed by atoms with Crippen LogP contribution in [0.25, 0.3) is 0 Å². The maximum atomic E-state index is 5.60. The van der Waals surface area contributed by atoms with Crippen LogP contribution in [0.5, 0.6) is 0 Å². The third-order valence-electron chi connectivity index (χ3n) is 2.61. The minimum Gasteiger partial charge on any atom is -0.377 e. The molecular formula is C11H24N2O. The third kappa shape index (κ3) is 4.94. The smallest absolute Gasteiger partial charge is 0.0673 e. The second kappa shape index (κ2) is 7.21. The van der Waals surface area contributed by atoms with Crippen molar-refractivity contribution in [3.63, 3.8) is 0 Å². The van der Waals surface area contributed by atoms with Gasteiger partial charge in [-0.1, -0.05) is 6.92 Å². The lowest BCUT2D eigenvalue weighted by Crippen LogP contribution is -2.32. The summed E-state index contributed by atoms with van der Waals surface area (Å²) in [5.41, 5.74) is 0. The van der Waals surface area contributed by atoms with E-state index >= 15 is 0 Å². The molecule has 1 N–H and O–H groups in total. The lowest BCUT2D eigenvalue weighted by Gasteiger charge is -2.21. The fourth-order valence-electron chi connectivity index (χ4n) is 1.89. The van der Waals surface area contributed by atoms with E-state index in [9.17, 15) is 0 Å². The first-order valence-electron chi connectivity index (χ1n) is 5.87. The Labute approximate surface area is 87.8 Å². The molecule has 0 radical (unpaired) electrons. The van der Waals surface area contributed by atoms with Gasteiger partial charge < -0.3 is 15.0 Å². The first-order valence-corrected chi connectivity index (χ1v) is 5.87. The normalized spacial score (nSPS) is 24.9. The molecule has 3 heteroatoms. The standard InChI is InChI=1S/C11H24N2O/c1-3-12-6-4-7-13-8-5-9-14-11(2)10-13/h11-12H,3-10H2,1-2H3. The Bertz CT molecular complexity index is 141. The van der Waals surface area contributed by atoms with Crippen molar-refractivity contribution in [2.24, 2.45) is 0 Å². The molecule has 0 aromatic rings. The van der Waals surface area contributed by atoms with Gasteiger partial charge in [0.25, 0.3) is 0 Å². The highest BCUT2D eigenvalue weighted by Gasteiger charge is 2.13. The summed E-state index contributed by atoms with van der Waals surface area (Å²) in [5, 5.41) is 3.36. The Morgan fingerprint density at radius 3 is 3.14 bits per heavy atom. The highest BCUT2D eigenvalue weighted by Crippen LogP contribution is 2.05. The van der Waals surface area contributed by atoms with Crippen molar-refractivity contribution in [1.29, 1.82) is 0 Å². The molecule has 0 aliphatic carbocycles. The fraction of sp³-hybridized carbons (Fsp3) is 1.00. The number of ether oxygens (including phenoxy) is 1. The fourth-order valence-corrected chi connectivity index (χ4v) is 1.89. The van der Waals surface area contributed by atoms with Gasteiger partial charge >= 0.3 is 0 Å². The zero-order chi connectivity index (χ0) is 10.2. The Hall–Kier alpha value is -0.120. The van der Waals surface area contributed by atoms with Crippen LogP contribution in [-0.2, 0) is 4.74 Å². The van der Waals surface area contributed by atoms with Crippen LogP contribution in [-0.4, -0.2) is 50.3 Å². The maximum Gasteiger partial charge on any atom is 0.0673 e. The minimum atomic E-state index is 0.414. The molecule has 0 spiro atoms. The van der Waals surface area contributed by atoms with E-state index in [-0.39, 0.29) is 0 Å². The summed E-state index contributed by atoms with van der Waals surface area (Å²) in [6, 6.07) is 0. The summed E-state index contributed by atoms with van der Waals surface area (Å²) in [7, 11) is 0. The van der Waals surface area contributed by atoms with E-state index in [2.05, 4.69) is 24.1 Å². The van der Waals surface area contributed by atoms with Gasteiger partial charge in [0, 0.05) is 19.7 Å². The van der Waals surface area contributed by atoms with Crippen molar-refractivity contribution < 1.29 is 4.74 Å². The van der Waals surface area contributed by atoms with Crippen LogP contribution in [0.3, 0.4) is 0 Å². The molecule has 0 aromatic heterocycles. The molecule has 1 atom stereocenters. The predicted octanol–water partition coefficient (Wildman–Crippen LogP) is 1.10. The third-order valence-corrected chi connectivity index (χ3v) is 2.61. The molecule has 1 rings (SSSR count). The number of nitrogens with zero attached hydrogens (tertiary/aromatic N) is 1. The van der Waals surface area contributed by atoms with Gasteiger partial charge in [0.05, 0.1) is 6.10 Å². The average Bonchev–Trinajstić information content (AvgIpc) is 2.38. The Balaban J connectivity index is 2.09. The summed E-state index contributed by atoms with van der Waals surface area (Å²) in [6.45, 7) is 11.0. The van der Waals surface area contributed by atoms with Crippen LogP contribution in [0.2, 0.25) is 0 Å². The van der Waals surface area contributed by atoms with E-state index in [0.717, 1.165) is 26.2 Å². The SMILES string of the molecule is CCNCCCN1CCCOC(C)C1. The Kier molecular flexibility index (Phi) is 6.15. The number of hydrogen-bond donors (Lipinski definition) is 1. The van der Waals surface area contributed by atoms with Crippen molar-refractivity contribution >= 4 is 0 Å². The Morgan fingerprint density at radius 1 is 1.50 bits per heavy atom. The second-order valence-electron chi connectivity index (χ2n) is 4.04. The van der Waals surface area contributed by atoms with Gasteiger partial charge in [0.15, 0.2) is 0 Å². The van der Waals surface area contributed by atoms with E-state index in [4.69, 9.17) is 4.74 Å². The lowest BCUT2D eigenvalue weighted by atomic mass is 10.3.